The number of benzene rings is 10. The molecular formula is C60H38N4O. The van der Waals surface area contributed by atoms with Crippen LogP contribution in [0.1, 0.15) is 0 Å². The highest BCUT2D eigenvalue weighted by Gasteiger charge is 2.15. The number of ether oxygens (including phenoxy) is 1. The van der Waals surface area contributed by atoms with Gasteiger partial charge in [-0.1, -0.05) is 146 Å². The van der Waals surface area contributed by atoms with Crippen LogP contribution < -0.4 is 4.74 Å². The van der Waals surface area contributed by atoms with Gasteiger partial charge in [-0.15, -0.1) is 0 Å². The molecule has 0 N–H and O–H groups in total. The van der Waals surface area contributed by atoms with Crippen molar-refractivity contribution >= 4 is 43.1 Å². The molecule has 0 saturated carbocycles. The molecule has 2 heterocycles. The third kappa shape index (κ3) is 7.62. The smallest absolute Gasteiger partial charge is 0.160 e. The maximum atomic E-state index is 6.43. The Balaban J connectivity index is 0.854. The first-order valence-electron chi connectivity index (χ1n) is 21.8. The molecule has 0 saturated heterocycles. The molecule has 0 unspecified atom stereocenters. The summed E-state index contributed by atoms with van der Waals surface area (Å²) < 4.78 is 6.43. The Bertz CT molecular complexity index is 3310. The Hall–Kier alpha value is -8.80. The van der Waals surface area contributed by atoms with E-state index in [0.717, 1.165) is 78.4 Å². The van der Waals surface area contributed by atoms with Gasteiger partial charge in [-0.3, -0.25) is 0 Å². The van der Waals surface area contributed by atoms with Crippen LogP contribution in [0.5, 0.6) is 11.5 Å². The highest BCUT2D eigenvalue weighted by Crippen LogP contribution is 2.35. The maximum Gasteiger partial charge on any atom is 0.160 e. The van der Waals surface area contributed by atoms with E-state index in [1.165, 1.54) is 32.3 Å². The van der Waals surface area contributed by atoms with E-state index in [0.29, 0.717) is 11.6 Å². The van der Waals surface area contributed by atoms with Crippen LogP contribution in [0.15, 0.2) is 231 Å². The summed E-state index contributed by atoms with van der Waals surface area (Å²) in [6, 6.07) is 79.7. The van der Waals surface area contributed by atoms with Crippen molar-refractivity contribution in [1.82, 2.24) is 19.9 Å². The molecule has 0 amide bonds. The van der Waals surface area contributed by atoms with Crippen LogP contribution in [0.2, 0.25) is 0 Å². The summed E-state index contributed by atoms with van der Waals surface area (Å²) in [5.41, 5.74) is 9.32. The Labute approximate surface area is 376 Å². The second-order valence-electron chi connectivity index (χ2n) is 16.3. The summed E-state index contributed by atoms with van der Waals surface area (Å²) in [5, 5.41) is 9.37. The average molecular weight is 831 g/mol. The van der Waals surface area contributed by atoms with Gasteiger partial charge in [-0.05, 0) is 128 Å². The van der Waals surface area contributed by atoms with Gasteiger partial charge >= 0.3 is 0 Å². The van der Waals surface area contributed by atoms with E-state index in [9.17, 15) is 0 Å². The summed E-state index contributed by atoms with van der Waals surface area (Å²) >= 11 is 0. The third-order valence-electron chi connectivity index (χ3n) is 12.1. The average Bonchev–Trinajstić information content (AvgIpc) is 3.38. The molecule has 2 aromatic heterocycles. The summed E-state index contributed by atoms with van der Waals surface area (Å²) in [6.07, 6.45) is 0. The lowest BCUT2D eigenvalue weighted by Gasteiger charge is -2.12. The van der Waals surface area contributed by atoms with E-state index < -0.39 is 0 Å². The van der Waals surface area contributed by atoms with E-state index in [2.05, 4.69) is 206 Å². The fourth-order valence-electron chi connectivity index (χ4n) is 8.62. The Morgan fingerprint density at radius 2 is 0.477 bits per heavy atom. The molecule has 12 aromatic rings. The molecule has 5 heteroatoms. The molecule has 0 atom stereocenters. The molecule has 12 rings (SSSR count). The van der Waals surface area contributed by atoms with Gasteiger partial charge in [0.25, 0.3) is 0 Å². The predicted molar refractivity (Wildman–Crippen MR) is 267 cm³/mol. The lowest BCUT2D eigenvalue weighted by atomic mass is 10.0. The highest BCUT2D eigenvalue weighted by molar-refractivity contribution is 5.91. The standard InChI is InChI=1S/C60H38N4O/c1-5-13-45-33-49(21-17-39(45)9-1)57-37-55(61-59(63-57)51-23-19-41-11-3-7-15-47(41)35-51)43-25-29-53(30-26-43)65-54-31-27-44(28-32-54)56-38-58(50-22-18-40-10-2-6-14-46(40)34-50)64-60(62-56)52-24-20-42-12-4-8-16-48(42)36-52/h1-38H. The van der Waals surface area contributed by atoms with E-state index >= 15 is 0 Å². The summed E-state index contributed by atoms with van der Waals surface area (Å²) in [7, 11) is 0. The Morgan fingerprint density at radius 3 is 0.815 bits per heavy atom. The van der Waals surface area contributed by atoms with Crippen LogP contribution in [0.3, 0.4) is 0 Å². The zero-order valence-corrected chi connectivity index (χ0v) is 35.1. The largest absolute Gasteiger partial charge is 0.457 e. The van der Waals surface area contributed by atoms with Crippen LogP contribution in [-0.2, 0) is 0 Å². The lowest BCUT2D eigenvalue weighted by Crippen LogP contribution is -1.96. The van der Waals surface area contributed by atoms with E-state index in [1.807, 2.05) is 24.3 Å². The SMILES string of the molecule is c1ccc2cc(-c3cc(-c4ccc(Oc5ccc(-c6cc(-c7ccc8ccccc8c7)nc(-c7ccc8ccccc8c7)n6)cc5)cc4)nc(-c4ccc5ccccc5c4)n3)ccc2c1. The number of nitrogens with zero attached hydrogens (tertiary/aromatic N) is 4. The molecule has 10 aromatic carbocycles. The number of rotatable bonds is 8. The molecule has 304 valence electrons. The number of aromatic nitrogens is 4. The van der Waals surface area contributed by atoms with Crippen molar-refractivity contribution in [3.63, 3.8) is 0 Å². The van der Waals surface area contributed by atoms with Gasteiger partial charge in [0.2, 0.25) is 0 Å². The molecule has 0 aliphatic heterocycles. The van der Waals surface area contributed by atoms with Gasteiger partial charge in [0.1, 0.15) is 11.5 Å². The number of hydrogen-bond donors (Lipinski definition) is 0. The van der Waals surface area contributed by atoms with Crippen molar-refractivity contribution in [2.75, 3.05) is 0 Å². The molecule has 65 heavy (non-hydrogen) atoms. The number of fused-ring (bicyclic) bond motifs is 4. The summed E-state index contributed by atoms with van der Waals surface area (Å²) in [4.78, 5) is 20.5. The molecule has 0 radical (unpaired) electrons. The van der Waals surface area contributed by atoms with Gasteiger partial charge < -0.3 is 4.74 Å². The van der Waals surface area contributed by atoms with Gasteiger partial charge in [0.15, 0.2) is 11.6 Å². The Kier molecular flexibility index (Phi) is 9.42. The lowest BCUT2D eigenvalue weighted by molar-refractivity contribution is 0.483. The maximum absolute atomic E-state index is 6.43. The van der Waals surface area contributed by atoms with Crippen LogP contribution in [0.4, 0.5) is 0 Å². The van der Waals surface area contributed by atoms with Crippen molar-refractivity contribution in [2.24, 2.45) is 0 Å². The zero-order valence-electron chi connectivity index (χ0n) is 35.1. The van der Waals surface area contributed by atoms with Crippen molar-refractivity contribution in [1.29, 1.82) is 0 Å². The first kappa shape index (κ1) is 37.9. The van der Waals surface area contributed by atoms with Gasteiger partial charge in [-0.25, -0.2) is 19.9 Å². The minimum Gasteiger partial charge on any atom is -0.457 e. The molecule has 0 spiro atoms. The van der Waals surface area contributed by atoms with E-state index in [4.69, 9.17) is 24.7 Å². The molecule has 0 bridgehead atoms. The fourth-order valence-corrected chi connectivity index (χ4v) is 8.62. The topological polar surface area (TPSA) is 60.8 Å². The van der Waals surface area contributed by atoms with Crippen LogP contribution in [0, 0.1) is 0 Å². The molecule has 0 aliphatic carbocycles. The second kappa shape index (κ2) is 16.2. The molecular weight excluding hydrogens is 793 g/mol. The minimum absolute atomic E-state index is 0.675. The van der Waals surface area contributed by atoms with Gasteiger partial charge in [-0.2, -0.15) is 0 Å². The number of hydrogen-bond acceptors (Lipinski definition) is 5. The normalized spacial score (nSPS) is 11.4. The van der Waals surface area contributed by atoms with Crippen molar-refractivity contribution < 1.29 is 4.74 Å². The third-order valence-corrected chi connectivity index (χ3v) is 12.1. The van der Waals surface area contributed by atoms with E-state index in [1.54, 1.807) is 0 Å². The van der Waals surface area contributed by atoms with E-state index in [-0.39, 0.29) is 0 Å². The predicted octanol–water partition coefficient (Wildman–Crippen LogP) is 15.7. The zero-order chi connectivity index (χ0) is 43.1. The summed E-state index contributed by atoms with van der Waals surface area (Å²) in [5.74, 6) is 2.79. The monoisotopic (exact) mass is 830 g/mol. The Morgan fingerprint density at radius 1 is 0.215 bits per heavy atom. The first-order chi connectivity index (χ1) is 32.1. The van der Waals surface area contributed by atoms with Gasteiger partial charge in [0, 0.05) is 33.4 Å². The molecule has 5 nitrogen and oxygen atoms in total. The van der Waals surface area contributed by atoms with Crippen LogP contribution in [-0.4, -0.2) is 19.9 Å². The highest BCUT2D eigenvalue weighted by atomic mass is 16.5. The van der Waals surface area contributed by atoms with Crippen LogP contribution >= 0.6 is 0 Å². The molecule has 0 fully saturated rings. The van der Waals surface area contributed by atoms with Crippen molar-refractivity contribution in [3.8, 4) is 79.3 Å². The summed E-state index contributed by atoms with van der Waals surface area (Å²) in [6.45, 7) is 0. The van der Waals surface area contributed by atoms with Crippen molar-refractivity contribution in [2.45, 2.75) is 0 Å². The second-order valence-corrected chi connectivity index (χ2v) is 16.3. The van der Waals surface area contributed by atoms with Crippen LogP contribution in [0.25, 0.3) is 111 Å². The quantitative estimate of drug-likeness (QED) is 0.153. The molecule has 0 aliphatic rings. The van der Waals surface area contributed by atoms with Gasteiger partial charge in [0.05, 0.1) is 22.8 Å². The minimum atomic E-state index is 0.675. The fraction of sp³-hybridized carbons (Fsp3) is 0. The first-order valence-corrected chi connectivity index (χ1v) is 21.8. The van der Waals surface area contributed by atoms with Crippen molar-refractivity contribution in [3.05, 3.63) is 231 Å².